The molecule has 1 aromatic carbocycles. The van der Waals surface area contributed by atoms with Gasteiger partial charge in [-0.1, -0.05) is 6.07 Å². The molecule has 3 atom stereocenters. The molecule has 0 bridgehead atoms. The Morgan fingerprint density at radius 2 is 1.89 bits per heavy atom. The molecule has 182 valence electrons. The van der Waals surface area contributed by atoms with Crippen molar-refractivity contribution in [2.45, 2.75) is 18.3 Å². The second-order valence-corrected chi connectivity index (χ2v) is 7.86. The summed E-state index contributed by atoms with van der Waals surface area (Å²) in [5, 5.41) is 22.6. The summed E-state index contributed by atoms with van der Waals surface area (Å²) in [6.07, 6.45) is 0.440. The van der Waals surface area contributed by atoms with E-state index in [4.69, 9.17) is 22.1 Å². The Kier molecular flexibility index (Phi) is 6.92. The lowest BCUT2D eigenvalue weighted by Gasteiger charge is -2.31. The average molecular weight is 507 g/mol. The molecule has 1 amide bonds. The Hall–Kier alpha value is -3.67. The van der Waals surface area contributed by atoms with Gasteiger partial charge in [0.2, 0.25) is 0 Å². The van der Waals surface area contributed by atoms with Crippen molar-refractivity contribution < 1.29 is 32.9 Å². The minimum absolute atomic E-state index is 0.0878. The predicted octanol–water partition coefficient (Wildman–Crippen LogP) is 3.10. The summed E-state index contributed by atoms with van der Waals surface area (Å²) >= 11 is 5.80. The summed E-state index contributed by atoms with van der Waals surface area (Å²) in [5.41, 5.74) is 3.79. The minimum atomic E-state index is -1.29. The lowest BCUT2D eigenvalue weighted by Crippen LogP contribution is -2.42. The number of hydrogen-bond acceptors (Lipinski definition) is 7. The molecule has 12 heteroatoms. The van der Waals surface area contributed by atoms with Crippen LogP contribution in [0.5, 0.6) is 0 Å². The number of hydrogen-bond donors (Lipinski definition) is 4. The maximum absolute atomic E-state index is 14.5. The number of benzene rings is 1. The fourth-order valence-electron chi connectivity index (χ4n) is 3.50. The molecule has 4 rings (SSSR count). The molecule has 0 fully saturated rings. The van der Waals surface area contributed by atoms with E-state index in [-0.39, 0.29) is 28.6 Å². The molecule has 3 heterocycles. The van der Waals surface area contributed by atoms with Crippen LogP contribution in [-0.4, -0.2) is 50.3 Å². The van der Waals surface area contributed by atoms with E-state index in [1.54, 1.807) is 0 Å². The van der Waals surface area contributed by atoms with E-state index in [0.717, 1.165) is 24.3 Å². The molecule has 5 N–H and O–H groups in total. The molecule has 0 saturated carbocycles. The Balaban J connectivity index is 1.70. The third-order valence-electron chi connectivity index (χ3n) is 5.24. The molecule has 1 aliphatic rings. The van der Waals surface area contributed by atoms with Gasteiger partial charge in [0, 0.05) is 17.8 Å². The zero-order chi connectivity index (χ0) is 25.3. The number of halogens is 4. The average Bonchev–Trinajstić information content (AvgIpc) is 2.82. The maximum atomic E-state index is 14.5. The van der Waals surface area contributed by atoms with Crippen LogP contribution in [0.15, 0.2) is 48.8 Å². The van der Waals surface area contributed by atoms with Crippen LogP contribution in [0.25, 0.3) is 17.0 Å². The van der Waals surface area contributed by atoms with Crippen molar-refractivity contribution in [3.63, 3.8) is 0 Å². The number of carbonyl (C=O) groups excluding carboxylic acids is 1. The molecule has 0 radical (unpaired) electrons. The van der Waals surface area contributed by atoms with Gasteiger partial charge in [-0.05, 0) is 24.3 Å². The van der Waals surface area contributed by atoms with Crippen LogP contribution in [0.1, 0.15) is 16.1 Å². The number of ether oxygens (including phenoxy) is 1. The van der Waals surface area contributed by atoms with E-state index < -0.39 is 58.6 Å². The number of carbonyl (C=O) groups is 1. The van der Waals surface area contributed by atoms with Crippen LogP contribution in [0.3, 0.4) is 0 Å². The maximum Gasteiger partial charge on any atom is 0.276 e. The highest BCUT2D eigenvalue weighted by atomic mass is 35.5. The lowest BCUT2D eigenvalue weighted by molar-refractivity contribution is -0.0441. The van der Waals surface area contributed by atoms with Crippen molar-refractivity contribution in [2.24, 2.45) is 0 Å². The van der Waals surface area contributed by atoms with Crippen LogP contribution in [-0.2, 0) is 4.74 Å². The molecule has 0 spiro atoms. The second kappa shape index (κ2) is 9.90. The summed E-state index contributed by atoms with van der Waals surface area (Å²) in [5.74, 6) is -4.20. The highest BCUT2D eigenvalue weighted by Crippen LogP contribution is 2.32. The first-order valence-corrected chi connectivity index (χ1v) is 10.7. The molecule has 35 heavy (non-hydrogen) atoms. The molecule has 3 aromatic rings. The van der Waals surface area contributed by atoms with Crippen molar-refractivity contribution in [3.05, 3.63) is 77.5 Å². The molecule has 1 aliphatic heterocycles. The van der Waals surface area contributed by atoms with E-state index in [0.29, 0.717) is 0 Å². The Bertz CT molecular complexity index is 1300. The number of nitrogens with one attached hydrogen (secondary N) is 1. The van der Waals surface area contributed by atoms with Crippen LogP contribution < -0.4 is 11.1 Å². The number of pyridine rings is 2. The van der Waals surface area contributed by atoms with E-state index in [1.165, 1.54) is 24.5 Å². The Morgan fingerprint density at radius 3 is 2.57 bits per heavy atom. The Labute approximate surface area is 201 Å². The zero-order valence-corrected chi connectivity index (χ0v) is 18.5. The third-order valence-corrected chi connectivity index (χ3v) is 5.54. The molecule has 2 aromatic heterocycles. The smallest absolute Gasteiger partial charge is 0.276 e. The number of nitrogens with two attached hydrogens (primary N) is 1. The summed E-state index contributed by atoms with van der Waals surface area (Å²) in [4.78, 5) is 20.7. The first-order valence-electron chi connectivity index (χ1n) is 10.2. The summed E-state index contributed by atoms with van der Waals surface area (Å²) in [7, 11) is 0. The van der Waals surface area contributed by atoms with Crippen LogP contribution in [0, 0.1) is 17.5 Å². The highest BCUT2D eigenvalue weighted by molar-refractivity contribution is 6.18. The molecule has 0 unspecified atom stereocenters. The number of nitrogen functional groups attached to an aromatic ring is 1. The van der Waals surface area contributed by atoms with Gasteiger partial charge in [0.1, 0.15) is 41.4 Å². The van der Waals surface area contributed by atoms with Gasteiger partial charge in [0.05, 0.1) is 29.0 Å². The van der Waals surface area contributed by atoms with Gasteiger partial charge in [-0.2, -0.15) is 0 Å². The van der Waals surface area contributed by atoms with E-state index in [1.807, 2.05) is 0 Å². The van der Waals surface area contributed by atoms with Crippen molar-refractivity contribution in [2.75, 3.05) is 16.9 Å². The van der Waals surface area contributed by atoms with Gasteiger partial charge in [-0.3, -0.25) is 9.78 Å². The van der Waals surface area contributed by atoms with Crippen molar-refractivity contribution in [3.8, 4) is 11.3 Å². The van der Waals surface area contributed by atoms with Gasteiger partial charge < -0.3 is 26.0 Å². The van der Waals surface area contributed by atoms with E-state index in [2.05, 4.69) is 15.3 Å². The van der Waals surface area contributed by atoms with E-state index >= 15 is 0 Å². The standard InChI is InChI=1S/C23H18ClF3N4O4/c24-8-18-22(33)16(32)7-17(35-18)10-4-5-29-9-15(10)30-23(34)21-14(28)6-13(27)20(31-21)19-11(25)2-1-3-12(19)26/h1-7,9,16,18,22,32-33H,8,28H2,(H,30,34)/t16-,18-,22+/m1/s1. The fourth-order valence-corrected chi connectivity index (χ4v) is 3.74. The quantitative estimate of drug-likeness (QED) is 0.391. The van der Waals surface area contributed by atoms with Crippen molar-refractivity contribution >= 4 is 34.6 Å². The van der Waals surface area contributed by atoms with Crippen molar-refractivity contribution in [1.29, 1.82) is 0 Å². The molecular weight excluding hydrogens is 489 g/mol. The molecule has 0 saturated heterocycles. The molecular formula is C23H18ClF3N4O4. The van der Waals surface area contributed by atoms with Gasteiger partial charge in [0.25, 0.3) is 5.91 Å². The first-order chi connectivity index (χ1) is 16.7. The summed E-state index contributed by atoms with van der Waals surface area (Å²) in [6.45, 7) is 0. The van der Waals surface area contributed by atoms with Gasteiger partial charge in [0.15, 0.2) is 11.5 Å². The van der Waals surface area contributed by atoms with Crippen LogP contribution in [0.2, 0.25) is 0 Å². The number of aromatic nitrogens is 2. The fraction of sp³-hybridized carbons (Fsp3) is 0.174. The van der Waals surface area contributed by atoms with Gasteiger partial charge in [-0.15, -0.1) is 11.6 Å². The number of anilines is 2. The highest BCUT2D eigenvalue weighted by Gasteiger charge is 2.33. The van der Waals surface area contributed by atoms with Gasteiger partial charge in [-0.25, -0.2) is 18.2 Å². The second-order valence-electron chi connectivity index (χ2n) is 7.55. The predicted molar refractivity (Wildman–Crippen MR) is 122 cm³/mol. The van der Waals surface area contributed by atoms with Crippen LogP contribution in [0.4, 0.5) is 24.5 Å². The number of aliphatic hydroxyl groups excluding tert-OH is 2. The SMILES string of the molecule is Nc1cc(F)c(-c2c(F)cccc2F)nc1C(=O)Nc1cnccc1C1=C[C@@H](O)[C@H](O)[C@@H](CCl)O1. The monoisotopic (exact) mass is 506 g/mol. The van der Waals surface area contributed by atoms with Crippen molar-refractivity contribution in [1.82, 2.24) is 9.97 Å². The topological polar surface area (TPSA) is 131 Å². The summed E-state index contributed by atoms with van der Waals surface area (Å²) < 4.78 is 48.6. The number of alkyl halides is 1. The van der Waals surface area contributed by atoms with Crippen LogP contribution >= 0.6 is 11.6 Å². The molecule has 8 nitrogen and oxygen atoms in total. The number of nitrogens with zero attached hydrogens (tertiary/aromatic N) is 2. The van der Waals surface area contributed by atoms with Gasteiger partial charge >= 0.3 is 0 Å². The number of rotatable bonds is 5. The number of amides is 1. The number of aliphatic hydroxyl groups is 2. The van der Waals surface area contributed by atoms with E-state index in [9.17, 15) is 28.2 Å². The third kappa shape index (κ3) is 4.78. The summed E-state index contributed by atoms with van der Waals surface area (Å²) in [6, 6.07) is 5.17. The molecule has 0 aliphatic carbocycles. The zero-order valence-electron chi connectivity index (χ0n) is 17.8. The first kappa shape index (κ1) is 24.5. The minimum Gasteiger partial charge on any atom is -0.486 e. The largest absolute Gasteiger partial charge is 0.486 e. The normalized spacial score (nSPS) is 19.6. The Morgan fingerprint density at radius 1 is 1.17 bits per heavy atom. The lowest BCUT2D eigenvalue weighted by atomic mass is 10.0.